The Morgan fingerprint density at radius 1 is 1.20 bits per heavy atom. The monoisotopic (exact) mass is 211 g/mol. The normalized spacial score (nSPS) is 32.4. The van der Waals surface area contributed by atoms with Crippen molar-refractivity contribution in [3.63, 3.8) is 0 Å². The lowest BCUT2D eigenvalue weighted by Crippen LogP contribution is -2.54. The van der Waals surface area contributed by atoms with Crippen molar-refractivity contribution >= 4 is 0 Å². The largest absolute Gasteiger partial charge is 0.369 e. The van der Waals surface area contributed by atoms with E-state index in [0.717, 1.165) is 13.1 Å². The quantitative estimate of drug-likeness (QED) is 0.758. The van der Waals surface area contributed by atoms with Crippen molar-refractivity contribution in [1.29, 1.82) is 0 Å². The molecule has 2 rings (SSSR count). The van der Waals surface area contributed by atoms with Crippen LogP contribution in [0.2, 0.25) is 0 Å². The van der Waals surface area contributed by atoms with Crippen molar-refractivity contribution in [2.75, 3.05) is 13.1 Å². The Labute approximate surface area is 93.8 Å². The van der Waals surface area contributed by atoms with Gasteiger partial charge in [-0.1, -0.05) is 33.6 Å². The van der Waals surface area contributed by atoms with Crippen LogP contribution in [0.1, 0.15) is 46.5 Å². The second kappa shape index (κ2) is 4.42. The van der Waals surface area contributed by atoms with Gasteiger partial charge >= 0.3 is 0 Å². The lowest BCUT2D eigenvalue weighted by Gasteiger charge is -2.42. The third kappa shape index (κ3) is 2.36. The third-order valence-electron chi connectivity index (χ3n) is 4.35. The average molecular weight is 211 g/mol. The van der Waals surface area contributed by atoms with E-state index in [1.54, 1.807) is 0 Å². The summed E-state index contributed by atoms with van der Waals surface area (Å²) in [5.41, 5.74) is 0.200. The lowest BCUT2D eigenvalue weighted by molar-refractivity contribution is -0.135. The van der Waals surface area contributed by atoms with Crippen molar-refractivity contribution in [2.24, 2.45) is 11.8 Å². The van der Waals surface area contributed by atoms with Gasteiger partial charge in [0.25, 0.3) is 0 Å². The average Bonchev–Trinajstić information content (AvgIpc) is 2.65. The number of rotatable bonds is 2. The van der Waals surface area contributed by atoms with Gasteiger partial charge in [-0.25, -0.2) is 0 Å². The molecular weight excluding hydrogens is 186 g/mol. The van der Waals surface area contributed by atoms with Crippen LogP contribution in [0.4, 0.5) is 0 Å². The topological polar surface area (TPSA) is 21.3 Å². The van der Waals surface area contributed by atoms with Gasteiger partial charge in [-0.2, -0.15) is 0 Å². The van der Waals surface area contributed by atoms with Crippen molar-refractivity contribution in [2.45, 2.75) is 58.2 Å². The Morgan fingerprint density at radius 2 is 1.87 bits per heavy atom. The molecule has 0 aromatic rings. The molecule has 0 amide bonds. The molecule has 1 heterocycles. The number of ether oxygens (including phenoxy) is 1. The number of hydrogen-bond acceptors (Lipinski definition) is 2. The molecule has 2 nitrogen and oxygen atoms in total. The van der Waals surface area contributed by atoms with Crippen LogP contribution >= 0.6 is 0 Å². The lowest BCUT2D eigenvalue weighted by atomic mass is 9.89. The maximum Gasteiger partial charge on any atom is 0.0810 e. The van der Waals surface area contributed by atoms with Crippen LogP contribution in [0.3, 0.4) is 0 Å². The first-order valence-electron chi connectivity index (χ1n) is 6.51. The third-order valence-corrected chi connectivity index (χ3v) is 4.35. The summed E-state index contributed by atoms with van der Waals surface area (Å²) in [5.74, 6) is 1.38. The van der Waals surface area contributed by atoms with Crippen LogP contribution in [-0.2, 0) is 4.74 Å². The van der Waals surface area contributed by atoms with E-state index in [2.05, 4.69) is 26.1 Å². The Hall–Kier alpha value is -0.0800. The number of hydrogen-bond donors (Lipinski definition) is 1. The van der Waals surface area contributed by atoms with Gasteiger partial charge in [0.05, 0.1) is 11.7 Å². The molecular formula is C13H25NO. The van der Waals surface area contributed by atoms with E-state index in [0.29, 0.717) is 17.9 Å². The Kier molecular flexibility index (Phi) is 3.36. The molecule has 1 saturated carbocycles. The van der Waals surface area contributed by atoms with E-state index in [4.69, 9.17) is 4.74 Å². The minimum Gasteiger partial charge on any atom is -0.369 e. The van der Waals surface area contributed by atoms with E-state index in [-0.39, 0.29) is 5.60 Å². The molecule has 2 heteroatoms. The first-order valence-corrected chi connectivity index (χ1v) is 6.51. The maximum absolute atomic E-state index is 6.40. The van der Waals surface area contributed by atoms with Crippen LogP contribution in [0.5, 0.6) is 0 Å². The molecule has 2 aliphatic rings. The van der Waals surface area contributed by atoms with Gasteiger partial charge in [0, 0.05) is 13.1 Å². The Balaban J connectivity index is 1.97. The van der Waals surface area contributed by atoms with Gasteiger partial charge in [-0.3, -0.25) is 0 Å². The SMILES string of the molecule is CC(C)C(C)C1CNCC2(CCCC2)O1. The first kappa shape index (κ1) is 11.4. The molecule has 88 valence electrons. The first-order chi connectivity index (χ1) is 7.13. The Bertz CT molecular complexity index is 209. The molecule has 0 bridgehead atoms. The van der Waals surface area contributed by atoms with E-state index in [1.165, 1.54) is 25.7 Å². The minimum absolute atomic E-state index is 0.200. The van der Waals surface area contributed by atoms with Gasteiger partial charge in [0.2, 0.25) is 0 Å². The van der Waals surface area contributed by atoms with E-state index < -0.39 is 0 Å². The smallest absolute Gasteiger partial charge is 0.0810 e. The predicted octanol–water partition coefficient (Wildman–Crippen LogP) is 2.58. The van der Waals surface area contributed by atoms with Crippen LogP contribution in [0.15, 0.2) is 0 Å². The second-order valence-electron chi connectivity index (χ2n) is 5.78. The van der Waals surface area contributed by atoms with Crippen LogP contribution < -0.4 is 5.32 Å². The summed E-state index contributed by atoms with van der Waals surface area (Å²) in [6.07, 6.45) is 5.66. The summed E-state index contributed by atoms with van der Waals surface area (Å²) < 4.78 is 6.40. The van der Waals surface area contributed by atoms with E-state index in [1.807, 2.05) is 0 Å². The highest BCUT2D eigenvalue weighted by Crippen LogP contribution is 2.37. The minimum atomic E-state index is 0.200. The van der Waals surface area contributed by atoms with Gasteiger partial charge < -0.3 is 10.1 Å². The summed E-state index contributed by atoms with van der Waals surface area (Å²) in [6.45, 7) is 9.04. The molecule has 2 atom stereocenters. The maximum atomic E-state index is 6.40. The fourth-order valence-electron chi connectivity index (χ4n) is 2.88. The number of nitrogens with one attached hydrogen (secondary N) is 1. The van der Waals surface area contributed by atoms with Crippen LogP contribution in [-0.4, -0.2) is 24.8 Å². The molecule has 1 aliphatic carbocycles. The van der Waals surface area contributed by atoms with Gasteiger partial charge in [-0.05, 0) is 24.7 Å². The zero-order chi connectivity index (χ0) is 10.9. The molecule has 2 unspecified atom stereocenters. The highest BCUT2D eigenvalue weighted by molar-refractivity contribution is 4.94. The van der Waals surface area contributed by atoms with Gasteiger partial charge in [0.1, 0.15) is 0 Å². The molecule has 1 N–H and O–H groups in total. The van der Waals surface area contributed by atoms with Crippen molar-refractivity contribution in [1.82, 2.24) is 5.32 Å². The molecule has 15 heavy (non-hydrogen) atoms. The van der Waals surface area contributed by atoms with E-state index in [9.17, 15) is 0 Å². The molecule has 1 saturated heterocycles. The fourth-order valence-corrected chi connectivity index (χ4v) is 2.88. The molecule has 0 radical (unpaired) electrons. The van der Waals surface area contributed by atoms with Crippen molar-refractivity contribution in [3.05, 3.63) is 0 Å². The summed E-state index contributed by atoms with van der Waals surface area (Å²) in [6, 6.07) is 0. The summed E-state index contributed by atoms with van der Waals surface area (Å²) in [7, 11) is 0. The molecule has 0 aromatic carbocycles. The highest BCUT2D eigenvalue weighted by atomic mass is 16.5. The van der Waals surface area contributed by atoms with Crippen LogP contribution in [0.25, 0.3) is 0 Å². The highest BCUT2D eigenvalue weighted by Gasteiger charge is 2.41. The predicted molar refractivity (Wildman–Crippen MR) is 62.9 cm³/mol. The fraction of sp³-hybridized carbons (Fsp3) is 1.00. The summed E-state index contributed by atoms with van der Waals surface area (Å²) in [4.78, 5) is 0. The van der Waals surface area contributed by atoms with Crippen LogP contribution in [0, 0.1) is 11.8 Å². The molecule has 2 fully saturated rings. The molecule has 1 aliphatic heterocycles. The van der Waals surface area contributed by atoms with Crippen molar-refractivity contribution in [3.8, 4) is 0 Å². The standard InChI is InChI=1S/C13H25NO/c1-10(2)11(3)12-8-14-9-13(15-12)6-4-5-7-13/h10-12,14H,4-9H2,1-3H3. The summed E-state index contributed by atoms with van der Waals surface area (Å²) in [5, 5.41) is 3.58. The number of morpholine rings is 1. The zero-order valence-corrected chi connectivity index (χ0v) is 10.4. The molecule has 1 spiro atoms. The van der Waals surface area contributed by atoms with E-state index >= 15 is 0 Å². The Morgan fingerprint density at radius 3 is 2.47 bits per heavy atom. The second-order valence-corrected chi connectivity index (χ2v) is 5.78. The van der Waals surface area contributed by atoms with Gasteiger partial charge in [0.15, 0.2) is 0 Å². The molecule has 0 aromatic heterocycles. The van der Waals surface area contributed by atoms with Gasteiger partial charge in [-0.15, -0.1) is 0 Å². The summed E-state index contributed by atoms with van der Waals surface area (Å²) >= 11 is 0. The van der Waals surface area contributed by atoms with Crippen molar-refractivity contribution < 1.29 is 4.74 Å². The zero-order valence-electron chi connectivity index (χ0n) is 10.4.